The number of nitrogens with two attached hydrogens (primary N) is 1. The zero-order valence-corrected chi connectivity index (χ0v) is 18.2. The molecule has 6 nitrogen and oxygen atoms in total. The number of benzene rings is 2. The first kappa shape index (κ1) is 20.5. The zero-order chi connectivity index (χ0) is 20.4. The predicted molar refractivity (Wildman–Crippen MR) is 114 cm³/mol. The third kappa shape index (κ3) is 3.33. The standard InChI is InChI=1S/C19H20BrN3O3.C2H6/c1-25-15-9-10(8-13(20)17(15)26-2)18-22-19(24)12-5-3-4-11-14(21)6-7-23(18)16(11)12;1-2/h3-5,8-9,14,18H,6-7,21H2,1-2H3,(H,22,24);1-2H3/t14-,18+;/m0./s1. The van der Waals surface area contributed by atoms with Crippen LogP contribution >= 0.6 is 15.9 Å². The lowest BCUT2D eigenvalue weighted by atomic mass is 9.90. The van der Waals surface area contributed by atoms with Gasteiger partial charge in [-0.2, -0.15) is 0 Å². The van der Waals surface area contributed by atoms with Gasteiger partial charge in [0.05, 0.1) is 29.9 Å². The molecule has 0 saturated carbocycles. The van der Waals surface area contributed by atoms with Crippen molar-refractivity contribution in [2.24, 2.45) is 5.73 Å². The fourth-order valence-corrected chi connectivity index (χ4v) is 4.43. The third-order valence-electron chi connectivity index (χ3n) is 5.03. The highest BCUT2D eigenvalue weighted by molar-refractivity contribution is 9.10. The summed E-state index contributed by atoms with van der Waals surface area (Å²) in [5, 5.41) is 3.11. The van der Waals surface area contributed by atoms with Crippen molar-refractivity contribution in [2.45, 2.75) is 32.5 Å². The Bertz CT molecular complexity index is 887. The molecule has 2 atom stereocenters. The number of carbonyl (C=O) groups excluding carboxylic acids is 1. The summed E-state index contributed by atoms with van der Waals surface area (Å²) in [5.74, 6) is 1.14. The van der Waals surface area contributed by atoms with Crippen LogP contribution < -0.4 is 25.4 Å². The van der Waals surface area contributed by atoms with E-state index in [1.165, 1.54) is 0 Å². The Morgan fingerprint density at radius 2 is 1.96 bits per heavy atom. The molecule has 0 aromatic heterocycles. The van der Waals surface area contributed by atoms with E-state index < -0.39 is 0 Å². The van der Waals surface area contributed by atoms with E-state index in [0.717, 1.165) is 34.3 Å². The molecule has 0 bridgehead atoms. The highest BCUT2D eigenvalue weighted by Gasteiger charge is 2.37. The van der Waals surface area contributed by atoms with Gasteiger partial charge >= 0.3 is 0 Å². The van der Waals surface area contributed by atoms with Crippen molar-refractivity contribution in [3.8, 4) is 11.5 Å². The number of halogens is 1. The number of hydrogen-bond donors (Lipinski definition) is 2. The first-order valence-electron chi connectivity index (χ1n) is 9.42. The number of amides is 1. The average molecular weight is 448 g/mol. The second-order valence-corrected chi connectivity index (χ2v) is 7.30. The van der Waals surface area contributed by atoms with E-state index in [-0.39, 0.29) is 18.1 Å². The number of rotatable bonds is 3. The van der Waals surface area contributed by atoms with Crippen LogP contribution in [0, 0.1) is 0 Å². The van der Waals surface area contributed by atoms with E-state index in [1.54, 1.807) is 14.2 Å². The Labute approximate surface area is 174 Å². The molecule has 2 heterocycles. The lowest BCUT2D eigenvalue weighted by molar-refractivity contribution is 0.0925. The molecule has 7 heteroatoms. The molecule has 3 N–H and O–H groups in total. The second kappa shape index (κ2) is 8.41. The van der Waals surface area contributed by atoms with Gasteiger partial charge in [-0.05, 0) is 51.7 Å². The number of nitrogens with zero attached hydrogens (tertiary/aromatic N) is 1. The Morgan fingerprint density at radius 1 is 1.21 bits per heavy atom. The van der Waals surface area contributed by atoms with Gasteiger partial charge in [0.15, 0.2) is 11.5 Å². The van der Waals surface area contributed by atoms with Gasteiger partial charge in [-0.15, -0.1) is 0 Å². The van der Waals surface area contributed by atoms with E-state index in [9.17, 15) is 4.79 Å². The molecule has 28 heavy (non-hydrogen) atoms. The Morgan fingerprint density at radius 3 is 2.64 bits per heavy atom. The van der Waals surface area contributed by atoms with Crippen LogP contribution in [0.15, 0.2) is 34.8 Å². The summed E-state index contributed by atoms with van der Waals surface area (Å²) >= 11 is 3.54. The number of nitrogens with one attached hydrogen (secondary N) is 1. The number of carbonyl (C=O) groups is 1. The number of hydrogen-bond acceptors (Lipinski definition) is 5. The number of ether oxygens (including phenoxy) is 2. The minimum Gasteiger partial charge on any atom is -0.493 e. The second-order valence-electron chi connectivity index (χ2n) is 6.45. The molecule has 0 unspecified atom stereocenters. The van der Waals surface area contributed by atoms with Crippen molar-refractivity contribution < 1.29 is 14.3 Å². The Hall–Kier alpha value is -2.25. The van der Waals surface area contributed by atoms with Crippen molar-refractivity contribution in [3.05, 3.63) is 51.5 Å². The SMILES string of the molecule is CC.COc1cc([C@@H]2NC(=O)c3cccc4c3N2CC[C@@H]4N)cc(Br)c1OC. The van der Waals surface area contributed by atoms with Crippen molar-refractivity contribution in [1.29, 1.82) is 0 Å². The van der Waals surface area contributed by atoms with E-state index in [0.29, 0.717) is 17.1 Å². The Balaban J connectivity index is 0.00000109. The zero-order valence-electron chi connectivity index (χ0n) is 16.6. The minimum absolute atomic E-state index is 0.0510. The first-order chi connectivity index (χ1) is 13.5. The van der Waals surface area contributed by atoms with Gasteiger partial charge in [0.2, 0.25) is 0 Å². The maximum absolute atomic E-state index is 12.7. The lowest BCUT2D eigenvalue weighted by Gasteiger charge is -2.44. The van der Waals surface area contributed by atoms with Crippen LogP contribution in [-0.4, -0.2) is 26.7 Å². The van der Waals surface area contributed by atoms with Crippen LogP contribution in [0.1, 0.15) is 54.0 Å². The number of para-hydroxylation sites is 1. The number of anilines is 1. The fourth-order valence-electron chi connectivity index (χ4n) is 3.81. The van der Waals surface area contributed by atoms with Crippen LogP contribution in [0.4, 0.5) is 5.69 Å². The van der Waals surface area contributed by atoms with E-state index in [4.69, 9.17) is 15.2 Å². The van der Waals surface area contributed by atoms with Gasteiger partial charge < -0.3 is 25.4 Å². The van der Waals surface area contributed by atoms with Crippen LogP contribution in [0.3, 0.4) is 0 Å². The van der Waals surface area contributed by atoms with Gasteiger partial charge in [0.1, 0.15) is 6.17 Å². The van der Waals surface area contributed by atoms with Crippen molar-refractivity contribution in [3.63, 3.8) is 0 Å². The summed E-state index contributed by atoms with van der Waals surface area (Å²) in [6, 6.07) is 9.55. The van der Waals surface area contributed by atoms with E-state index in [1.807, 2.05) is 44.2 Å². The molecule has 0 saturated heterocycles. The van der Waals surface area contributed by atoms with E-state index in [2.05, 4.69) is 26.1 Å². The summed E-state index contributed by atoms with van der Waals surface area (Å²) in [6.45, 7) is 4.77. The fraction of sp³-hybridized carbons (Fsp3) is 0.381. The van der Waals surface area contributed by atoms with Crippen LogP contribution in [0.25, 0.3) is 0 Å². The average Bonchev–Trinajstić information content (AvgIpc) is 2.73. The highest BCUT2D eigenvalue weighted by atomic mass is 79.9. The molecule has 0 radical (unpaired) electrons. The molecule has 2 aromatic carbocycles. The Kier molecular flexibility index (Phi) is 6.15. The van der Waals surface area contributed by atoms with Crippen LogP contribution in [0.2, 0.25) is 0 Å². The summed E-state index contributed by atoms with van der Waals surface area (Å²) < 4.78 is 11.6. The molecule has 150 valence electrons. The maximum atomic E-state index is 12.7. The molecule has 2 aliphatic rings. The monoisotopic (exact) mass is 447 g/mol. The molecular formula is C21H26BrN3O3. The third-order valence-corrected chi connectivity index (χ3v) is 5.62. The van der Waals surface area contributed by atoms with Crippen molar-refractivity contribution in [2.75, 3.05) is 25.7 Å². The summed E-state index contributed by atoms with van der Waals surface area (Å²) in [7, 11) is 3.19. The summed E-state index contributed by atoms with van der Waals surface area (Å²) in [6.07, 6.45) is 0.539. The quantitative estimate of drug-likeness (QED) is 0.738. The van der Waals surface area contributed by atoms with Gasteiger partial charge in [-0.1, -0.05) is 26.0 Å². The lowest BCUT2D eigenvalue weighted by Crippen LogP contribution is -2.49. The summed E-state index contributed by atoms with van der Waals surface area (Å²) in [4.78, 5) is 14.9. The normalized spacial score (nSPS) is 19.8. The van der Waals surface area contributed by atoms with Crippen molar-refractivity contribution >= 4 is 27.5 Å². The molecule has 4 rings (SSSR count). The van der Waals surface area contributed by atoms with Crippen LogP contribution in [-0.2, 0) is 0 Å². The van der Waals surface area contributed by atoms with Crippen LogP contribution in [0.5, 0.6) is 11.5 Å². The van der Waals surface area contributed by atoms with Gasteiger partial charge in [0, 0.05) is 12.6 Å². The molecule has 2 aliphatic heterocycles. The van der Waals surface area contributed by atoms with Gasteiger partial charge in [-0.25, -0.2) is 0 Å². The molecule has 0 spiro atoms. The molecule has 2 aromatic rings. The molecule has 1 amide bonds. The minimum atomic E-state index is -0.292. The predicted octanol–water partition coefficient (Wildman–Crippen LogP) is 4.14. The molecule has 0 fully saturated rings. The largest absolute Gasteiger partial charge is 0.493 e. The number of methoxy groups -OCH3 is 2. The first-order valence-corrected chi connectivity index (χ1v) is 10.2. The summed E-state index contributed by atoms with van der Waals surface area (Å²) in [5.41, 5.74) is 9.84. The molecule has 0 aliphatic carbocycles. The van der Waals surface area contributed by atoms with Crippen molar-refractivity contribution in [1.82, 2.24) is 5.32 Å². The smallest absolute Gasteiger partial charge is 0.255 e. The van der Waals surface area contributed by atoms with Gasteiger partial charge in [0.25, 0.3) is 5.91 Å². The van der Waals surface area contributed by atoms with E-state index >= 15 is 0 Å². The topological polar surface area (TPSA) is 76.8 Å². The maximum Gasteiger partial charge on any atom is 0.255 e. The highest BCUT2D eigenvalue weighted by Crippen LogP contribution is 2.44. The van der Waals surface area contributed by atoms with Gasteiger partial charge in [-0.3, -0.25) is 4.79 Å². The molecular weight excluding hydrogens is 422 g/mol.